The molecule has 0 radical (unpaired) electrons. The molecule has 0 aliphatic heterocycles. The van der Waals surface area contributed by atoms with Crippen LogP contribution in [0.1, 0.15) is 45.1 Å². The fourth-order valence-electron chi connectivity index (χ4n) is 2.17. The third kappa shape index (κ3) is 4.80. The van der Waals surface area contributed by atoms with Gasteiger partial charge in [0.1, 0.15) is 0 Å². The minimum Gasteiger partial charge on any atom is -0.393 e. The Morgan fingerprint density at radius 1 is 1.12 bits per heavy atom. The van der Waals surface area contributed by atoms with Crippen LogP contribution in [-0.2, 0) is 6.42 Å². The van der Waals surface area contributed by atoms with Crippen LogP contribution in [0.4, 0.5) is 0 Å². The summed E-state index contributed by atoms with van der Waals surface area (Å²) in [5.74, 6) is 0.482. The van der Waals surface area contributed by atoms with Gasteiger partial charge in [0.2, 0.25) is 0 Å². The first-order chi connectivity index (χ1) is 7.74. The normalized spacial score (nSPS) is 14.7. The Morgan fingerprint density at radius 3 is 2.38 bits per heavy atom. The SMILES string of the molecule is CCC(CCCCc1ccccc1)C(C)O. The molecule has 0 saturated carbocycles. The summed E-state index contributed by atoms with van der Waals surface area (Å²) in [4.78, 5) is 0. The summed E-state index contributed by atoms with van der Waals surface area (Å²) in [6, 6.07) is 10.6. The standard InChI is InChI=1S/C15H24O/c1-3-15(13(2)16)12-8-7-11-14-9-5-4-6-10-14/h4-6,9-10,13,15-16H,3,7-8,11-12H2,1-2H3. The minimum atomic E-state index is -0.151. The first-order valence-corrected chi connectivity index (χ1v) is 6.46. The molecule has 0 saturated heterocycles. The molecule has 0 heterocycles. The second-order valence-corrected chi connectivity index (χ2v) is 4.64. The minimum absolute atomic E-state index is 0.151. The summed E-state index contributed by atoms with van der Waals surface area (Å²) < 4.78 is 0. The molecule has 1 heteroatoms. The highest BCUT2D eigenvalue weighted by molar-refractivity contribution is 5.14. The largest absolute Gasteiger partial charge is 0.393 e. The molecule has 1 rings (SSSR count). The van der Waals surface area contributed by atoms with Crippen molar-refractivity contribution in [2.24, 2.45) is 5.92 Å². The number of hydrogen-bond donors (Lipinski definition) is 1. The predicted octanol–water partition coefficient (Wildman–Crippen LogP) is 3.81. The van der Waals surface area contributed by atoms with Crippen molar-refractivity contribution in [3.8, 4) is 0 Å². The number of unbranched alkanes of at least 4 members (excludes halogenated alkanes) is 1. The van der Waals surface area contributed by atoms with Gasteiger partial charge in [-0.15, -0.1) is 0 Å². The van der Waals surface area contributed by atoms with Gasteiger partial charge < -0.3 is 5.11 Å². The lowest BCUT2D eigenvalue weighted by atomic mass is 9.93. The van der Waals surface area contributed by atoms with E-state index in [0.29, 0.717) is 5.92 Å². The van der Waals surface area contributed by atoms with Crippen LogP contribution in [-0.4, -0.2) is 11.2 Å². The number of aryl methyl sites for hydroxylation is 1. The fraction of sp³-hybridized carbons (Fsp3) is 0.600. The van der Waals surface area contributed by atoms with E-state index in [-0.39, 0.29) is 6.10 Å². The van der Waals surface area contributed by atoms with Crippen LogP contribution < -0.4 is 0 Å². The topological polar surface area (TPSA) is 20.2 Å². The van der Waals surface area contributed by atoms with Crippen molar-refractivity contribution < 1.29 is 5.11 Å². The van der Waals surface area contributed by atoms with Crippen molar-refractivity contribution in [2.75, 3.05) is 0 Å². The Labute approximate surface area is 99.5 Å². The van der Waals surface area contributed by atoms with E-state index in [1.807, 2.05) is 6.92 Å². The maximum atomic E-state index is 9.53. The Balaban J connectivity index is 2.16. The smallest absolute Gasteiger partial charge is 0.0540 e. The quantitative estimate of drug-likeness (QED) is 0.693. The molecule has 0 spiro atoms. The average molecular weight is 220 g/mol. The summed E-state index contributed by atoms with van der Waals surface area (Å²) in [6.45, 7) is 4.07. The highest BCUT2D eigenvalue weighted by Gasteiger charge is 2.11. The maximum Gasteiger partial charge on any atom is 0.0540 e. The summed E-state index contributed by atoms with van der Waals surface area (Å²) in [7, 11) is 0. The summed E-state index contributed by atoms with van der Waals surface area (Å²) in [5.41, 5.74) is 1.42. The van der Waals surface area contributed by atoms with Crippen molar-refractivity contribution in [1.29, 1.82) is 0 Å². The lowest BCUT2D eigenvalue weighted by Gasteiger charge is -2.17. The van der Waals surface area contributed by atoms with Gasteiger partial charge in [-0.2, -0.15) is 0 Å². The first kappa shape index (κ1) is 13.2. The Hall–Kier alpha value is -0.820. The van der Waals surface area contributed by atoms with Crippen molar-refractivity contribution in [2.45, 2.75) is 52.1 Å². The number of hydrogen-bond acceptors (Lipinski definition) is 1. The molecule has 0 amide bonds. The predicted molar refractivity (Wildman–Crippen MR) is 69.5 cm³/mol. The molecular weight excluding hydrogens is 196 g/mol. The molecule has 90 valence electrons. The second-order valence-electron chi connectivity index (χ2n) is 4.64. The first-order valence-electron chi connectivity index (χ1n) is 6.46. The Kier molecular flexibility index (Phi) is 6.17. The van der Waals surface area contributed by atoms with E-state index in [1.54, 1.807) is 0 Å². The molecule has 0 fully saturated rings. The summed E-state index contributed by atoms with van der Waals surface area (Å²) >= 11 is 0. The van der Waals surface area contributed by atoms with Gasteiger partial charge in [0.05, 0.1) is 6.10 Å². The second kappa shape index (κ2) is 7.45. The molecule has 0 aliphatic carbocycles. The van der Waals surface area contributed by atoms with Crippen LogP contribution >= 0.6 is 0 Å². The summed E-state index contributed by atoms with van der Waals surface area (Å²) in [5, 5.41) is 9.53. The highest BCUT2D eigenvalue weighted by Crippen LogP contribution is 2.17. The molecule has 16 heavy (non-hydrogen) atoms. The highest BCUT2D eigenvalue weighted by atomic mass is 16.3. The number of aliphatic hydroxyl groups is 1. The fourth-order valence-corrected chi connectivity index (χ4v) is 2.17. The Morgan fingerprint density at radius 2 is 1.81 bits per heavy atom. The van der Waals surface area contributed by atoms with E-state index in [9.17, 15) is 5.11 Å². The monoisotopic (exact) mass is 220 g/mol. The third-order valence-electron chi connectivity index (χ3n) is 3.34. The van der Waals surface area contributed by atoms with Crippen LogP contribution in [0.5, 0.6) is 0 Å². The summed E-state index contributed by atoms with van der Waals surface area (Å²) in [6.07, 6.45) is 5.70. The lowest BCUT2D eigenvalue weighted by molar-refractivity contribution is 0.116. The molecule has 1 aromatic carbocycles. The van der Waals surface area contributed by atoms with E-state index >= 15 is 0 Å². The van der Waals surface area contributed by atoms with Gasteiger partial charge in [-0.1, -0.05) is 50.1 Å². The van der Waals surface area contributed by atoms with Crippen LogP contribution in [0.2, 0.25) is 0 Å². The van der Waals surface area contributed by atoms with Crippen LogP contribution in [0.25, 0.3) is 0 Å². The zero-order chi connectivity index (χ0) is 11.8. The van der Waals surface area contributed by atoms with Crippen LogP contribution in [0, 0.1) is 5.92 Å². The Bertz CT molecular complexity index is 266. The lowest BCUT2D eigenvalue weighted by Crippen LogP contribution is -2.15. The molecule has 1 aromatic rings. The van der Waals surface area contributed by atoms with Gasteiger partial charge in [0.15, 0.2) is 0 Å². The maximum absolute atomic E-state index is 9.53. The van der Waals surface area contributed by atoms with Gasteiger partial charge >= 0.3 is 0 Å². The van der Waals surface area contributed by atoms with E-state index < -0.39 is 0 Å². The molecular formula is C15H24O. The molecule has 2 unspecified atom stereocenters. The van der Waals surface area contributed by atoms with E-state index in [1.165, 1.54) is 18.4 Å². The van der Waals surface area contributed by atoms with Gasteiger partial charge in [-0.25, -0.2) is 0 Å². The number of benzene rings is 1. The van der Waals surface area contributed by atoms with E-state index in [2.05, 4.69) is 37.3 Å². The van der Waals surface area contributed by atoms with Crippen molar-refractivity contribution in [3.05, 3.63) is 35.9 Å². The van der Waals surface area contributed by atoms with E-state index in [4.69, 9.17) is 0 Å². The van der Waals surface area contributed by atoms with Crippen LogP contribution in [0.3, 0.4) is 0 Å². The van der Waals surface area contributed by atoms with Crippen LogP contribution in [0.15, 0.2) is 30.3 Å². The van der Waals surface area contributed by atoms with Crippen molar-refractivity contribution in [1.82, 2.24) is 0 Å². The average Bonchev–Trinajstić information content (AvgIpc) is 2.30. The molecule has 2 atom stereocenters. The van der Waals surface area contributed by atoms with Gasteiger partial charge in [-0.05, 0) is 37.7 Å². The number of rotatable bonds is 7. The molecule has 0 bridgehead atoms. The molecule has 0 aliphatic rings. The molecule has 0 aromatic heterocycles. The van der Waals surface area contributed by atoms with E-state index in [0.717, 1.165) is 19.3 Å². The molecule has 1 nitrogen and oxygen atoms in total. The van der Waals surface area contributed by atoms with Crippen molar-refractivity contribution >= 4 is 0 Å². The zero-order valence-electron chi connectivity index (χ0n) is 10.5. The number of aliphatic hydroxyl groups excluding tert-OH is 1. The van der Waals surface area contributed by atoms with Gasteiger partial charge in [0, 0.05) is 0 Å². The van der Waals surface area contributed by atoms with Crippen molar-refractivity contribution in [3.63, 3.8) is 0 Å². The molecule has 1 N–H and O–H groups in total. The van der Waals surface area contributed by atoms with Gasteiger partial charge in [0.25, 0.3) is 0 Å². The van der Waals surface area contributed by atoms with Gasteiger partial charge in [-0.3, -0.25) is 0 Å². The zero-order valence-corrected chi connectivity index (χ0v) is 10.5. The third-order valence-corrected chi connectivity index (χ3v) is 3.34.